The van der Waals surface area contributed by atoms with Gasteiger partial charge >= 0.3 is 11.9 Å². The van der Waals surface area contributed by atoms with Gasteiger partial charge in [-0.25, -0.2) is 0 Å². The maximum atomic E-state index is 12.6. The monoisotopic (exact) mass is 376 g/mol. The molecule has 2 aromatic rings. The second-order valence-corrected chi connectivity index (χ2v) is 6.46. The SMILES string of the molecule is CCOC(=O)C(C(=O)OCC)C1C=C/C(=C\c2ccccc2)c2ccccc21. The molecule has 0 spiro atoms. The lowest BCUT2D eigenvalue weighted by molar-refractivity contribution is -0.162. The van der Waals surface area contributed by atoms with E-state index in [4.69, 9.17) is 9.47 Å². The van der Waals surface area contributed by atoms with Crippen LogP contribution in [-0.4, -0.2) is 25.2 Å². The molecule has 0 saturated carbocycles. The van der Waals surface area contributed by atoms with E-state index < -0.39 is 23.8 Å². The van der Waals surface area contributed by atoms with Crippen molar-refractivity contribution in [2.75, 3.05) is 13.2 Å². The van der Waals surface area contributed by atoms with E-state index in [2.05, 4.69) is 6.08 Å². The van der Waals surface area contributed by atoms with Gasteiger partial charge in [0.25, 0.3) is 0 Å². The molecular weight excluding hydrogens is 352 g/mol. The van der Waals surface area contributed by atoms with Crippen LogP contribution in [0.5, 0.6) is 0 Å². The Morgan fingerprint density at radius 1 is 0.929 bits per heavy atom. The highest BCUT2D eigenvalue weighted by Gasteiger charge is 2.39. The summed E-state index contributed by atoms with van der Waals surface area (Å²) >= 11 is 0. The number of hydrogen-bond acceptors (Lipinski definition) is 4. The van der Waals surface area contributed by atoms with E-state index in [-0.39, 0.29) is 13.2 Å². The van der Waals surface area contributed by atoms with Crippen molar-refractivity contribution in [2.45, 2.75) is 19.8 Å². The molecule has 1 aliphatic rings. The van der Waals surface area contributed by atoms with Gasteiger partial charge in [-0.2, -0.15) is 0 Å². The predicted octanol–water partition coefficient (Wildman–Crippen LogP) is 4.62. The van der Waals surface area contributed by atoms with E-state index in [1.165, 1.54) is 0 Å². The van der Waals surface area contributed by atoms with Crippen LogP contribution in [0.4, 0.5) is 0 Å². The van der Waals surface area contributed by atoms with Crippen LogP contribution in [0.1, 0.15) is 36.5 Å². The Labute approximate surface area is 165 Å². The van der Waals surface area contributed by atoms with Gasteiger partial charge in [0.1, 0.15) is 0 Å². The summed E-state index contributed by atoms with van der Waals surface area (Å²) in [5.74, 6) is -2.56. The first-order valence-electron chi connectivity index (χ1n) is 9.53. The van der Waals surface area contributed by atoms with Crippen LogP contribution in [0.25, 0.3) is 11.6 Å². The lowest BCUT2D eigenvalue weighted by Gasteiger charge is -2.27. The molecule has 4 nitrogen and oxygen atoms in total. The number of benzene rings is 2. The van der Waals surface area contributed by atoms with Gasteiger partial charge in [-0.15, -0.1) is 0 Å². The second kappa shape index (κ2) is 9.18. The number of esters is 2. The van der Waals surface area contributed by atoms with Gasteiger partial charge in [0, 0.05) is 5.92 Å². The molecule has 0 heterocycles. The van der Waals surface area contributed by atoms with Crippen molar-refractivity contribution in [3.63, 3.8) is 0 Å². The maximum absolute atomic E-state index is 12.6. The Kier molecular flexibility index (Phi) is 6.43. The van der Waals surface area contributed by atoms with Crippen molar-refractivity contribution < 1.29 is 19.1 Å². The molecule has 0 N–H and O–H groups in total. The summed E-state index contributed by atoms with van der Waals surface area (Å²) in [6.07, 6.45) is 5.95. The van der Waals surface area contributed by atoms with Gasteiger partial charge in [-0.1, -0.05) is 66.7 Å². The fourth-order valence-corrected chi connectivity index (χ4v) is 3.45. The van der Waals surface area contributed by atoms with Gasteiger partial charge in [0.15, 0.2) is 5.92 Å². The molecule has 0 aromatic heterocycles. The lowest BCUT2D eigenvalue weighted by Crippen LogP contribution is -2.33. The molecule has 0 amide bonds. The van der Waals surface area contributed by atoms with E-state index in [9.17, 15) is 9.59 Å². The molecule has 0 fully saturated rings. The molecule has 1 unspecified atom stereocenters. The lowest BCUT2D eigenvalue weighted by atomic mass is 9.77. The van der Waals surface area contributed by atoms with Crippen LogP contribution in [0.2, 0.25) is 0 Å². The summed E-state index contributed by atoms with van der Waals surface area (Å²) in [4.78, 5) is 25.1. The van der Waals surface area contributed by atoms with E-state index in [1.54, 1.807) is 13.8 Å². The zero-order chi connectivity index (χ0) is 19.9. The van der Waals surface area contributed by atoms with Crippen LogP contribution in [0.15, 0.2) is 66.7 Å². The third-order valence-electron chi connectivity index (χ3n) is 4.68. The number of fused-ring (bicyclic) bond motifs is 1. The Hall–Kier alpha value is -3.14. The Balaban J connectivity index is 2.03. The minimum Gasteiger partial charge on any atom is -0.465 e. The van der Waals surface area contributed by atoms with Gasteiger partial charge in [-0.3, -0.25) is 9.59 Å². The Morgan fingerprint density at radius 3 is 2.18 bits per heavy atom. The minimum atomic E-state index is -1.02. The average Bonchev–Trinajstić information content (AvgIpc) is 2.71. The zero-order valence-corrected chi connectivity index (χ0v) is 16.1. The summed E-state index contributed by atoms with van der Waals surface area (Å²) < 4.78 is 10.3. The highest BCUT2D eigenvalue weighted by molar-refractivity contribution is 5.98. The highest BCUT2D eigenvalue weighted by atomic mass is 16.6. The van der Waals surface area contributed by atoms with Crippen molar-refractivity contribution in [2.24, 2.45) is 5.92 Å². The van der Waals surface area contributed by atoms with Crippen LogP contribution in [0.3, 0.4) is 0 Å². The summed E-state index contributed by atoms with van der Waals surface area (Å²) in [6.45, 7) is 3.88. The topological polar surface area (TPSA) is 52.6 Å². The fraction of sp³-hybridized carbons (Fsp3) is 0.250. The third-order valence-corrected chi connectivity index (χ3v) is 4.68. The van der Waals surface area contributed by atoms with Gasteiger partial charge in [0.05, 0.1) is 13.2 Å². The largest absolute Gasteiger partial charge is 0.465 e. The Bertz CT molecular complexity index is 878. The molecule has 0 saturated heterocycles. The van der Waals surface area contributed by atoms with Gasteiger partial charge < -0.3 is 9.47 Å². The normalized spacial score (nSPS) is 16.7. The highest BCUT2D eigenvalue weighted by Crippen LogP contribution is 2.39. The van der Waals surface area contributed by atoms with Crippen molar-refractivity contribution >= 4 is 23.6 Å². The molecule has 4 heteroatoms. The van der Waals surface area contributed by atoms with Gasteiger partial charge in [-0.05, 0) is 42.2 Å². The smallest absolute Gasteiger partial charge is 0.321 e. The molecule has 0 radical (unpaired) electrons. The molecule has 28 heavy (non-hydrogen) atoms. The van der Waals surface area contributed by atoms with Crippen molar-refractivity contribution in [3.8, 4) is 0 Å². The summed E-state index contributed by atoms with van der Waals surface area (Å²) in [6, 6.07) is 17.9. The second-order valence-electron chi connectivity index (χ2n) is 6.46. The predicted molar refractivity (Wildman–Crippen MR) is 109 cm³/mol. The van der Waals surface area contributed by atoms with Crippen LogP contribution in [0, 0.1) is 5.92 Å². The first-order chi connectivity index (χ1) is 13.7. The minimum absolute atomic E-state index is 0.214. The first-order valence-corrected chi connectivity index (χ1v) is 9.53. The molecule has 144 valence electrons. The molecular formula is C24H24O4. The quantitative estimate of drug-likeness (QED) is 0.545. The van der Waals surface area contributed by atoms with Crippen molar-refractivity contribution in [3.05, 3.63) is 83.4 Å². The number of carbonyl (C=O) groups is 2. The van der Waals surface area contributed by atoms with E-state index in [0.717, 1.165) is 22.3 Å². The zero-order valence-electron chi connectivity index (χ0n) is 16.1. The first kappa shape index (κ1) is 19.6. The van der Waals surface area contributed by atoms with E-state index >= 15 is 0 Å². The van der Waals surface area contributed by atoms with Crippen LogP contribution >= 0.6 is 0 Å². The summed E-state index contributed by atoms with van der Waals surface area (Å²) in [7, 11) is 0. The third kappa shape index (κ3) is 4.22. The van der Waals surface area contributed by atoms with Crippen molar-refractivity contribution in [1.29, 1.82) is 0 Å². The number of ether oxygens (including phenoxy) is 2. The fourth-order valence-electron chi connectivity index (χ4n) is 3.45. The maximum Gasteiger partial charge on any atom is 0.321 e. The Morgan fingerprint density at radius 2 is 1.54 bits per heavy atom. The molecule has 0 aliphatic heterocycles. The molecule has 2 aromatic carbocycles. The van der Waals surface area contributed by atoms with Crippen LogP contribution in [-0.2, 0) is 19.1 Å². The van der Waals surface area contributed by atoms with Crippen molar-refractivity contribution in [1.82, 2.24) is 0 Å². The van der Waals surface area contributed by atoms with Crippen LogP contribution < -0.4 is 0 Å². The number of hydrogen-bond donors (Lipinski definition) is 0. The molecule has 1 atom stereocenters. The number of carbonyl (C=O) groups excluding carboxylic acids is 2. The molecule has 1 aliphatic carbocycles. The summed E-state index contributed by atoms with van der Waals surface area (Å²) in [5.41, 5.74) is 4.03. The molecule has 3 rings (SSSR count). The standard InChI is InChI=1S/C24H24O4/c1-3-27-23(25)22(24(26)28-4-2)21-15-14-18(16-17-10-6-5-7-11-17)19-12-8-9-13-20(19)21/h5-16,21-22H,3-4H2,1-2H3/b18-16+. The van der Waals surface area contributed by atoms with E-state index in [1.807, 2.05) is 66.7 Å². The average molecular weight is 376 g/mol. The van der Waals surface area contributed by atoms with Gasteiger partial charge in [0.2, 0.25) is 0 Å². The summed E-state index contributed by atoms with van der Waals surface area (Å²) in [5, 5.41) is 0. The van der Waals surface area contributed by atoms with E-state index in [0.29, 0.717) is 0 Å². The molecule has 0 bridgehead atoms. The number of rotatable bonds is 6. The number of allylic oxidation sites excluding steroid dienone is 3.